The zero-order valence-corrected chi connectivity index (χ0v) is 14.2. The van der Waals surface area contributed by atoms with Gasteiger partial charge < -0.3 is 10.4 Å². The van der Waals surface area contributed by atoms with Gasteiger partial charge in [-0.25, -0.2) is 0 Å². The van der Waals surface area contributed by atoms with Crippen LogP contribution in [0.5, 0.6) is 0 Å². The van der Waals surface area contributed by atoms with Gasteiger partial charge in [0.15, 0.2) is 0 Å². The number of pyridine rings is 1. The zero-order valence-electron chi connectivity index (χ0n) is 13.2. The van der Waals surface area contributed by atoms with E-state index in [1.165, 1.54) is 12.1 Å². The minimum Gasteiger partial charge on any atom is -0.387 e. The molecule has 2 rings (SSSR count). The highest BCUT2D eigenvalue weighted by Crippen LogP contribution is 2.35. The van der Waals surface area contributed by atoms with E-state index in [0.717, 1.165) is 12.3 Å². The molecule has 2 aromatic rings. The molecule has 1 atom stereocenters. The summed E-state index contributed by atoms with van der Waals surface area (Å²) in [6.45, 7) is 6.08. The number of aliphatic hydroxyl groups excluding tert-OH is 1. The van der Waals surface area contributed by atoms with Gasteiger partial charge in [0.25, 0.3) is 0 Å². The number of aromatic nitrogens is 1. The van der Waals surface area contributed by atoms with Gasteiger partial charge in [0, 0.05) is 29.2 Å². The van der Waals surface area contributed by atoms with Crippen molar-refractivity contribution in [3.05, 3.63) is 41.6 Å². The first-order valence-electron chi connectivity index (χ1n) is 6.97. The first-order valence-corrected chi connectivity index (χ1v) is 6.97. The first kappa shape index (κ1) is 19.7. The van der Waals surface area contributed by atoms with E-state index in [9.17, 15) is 18.3 Å². The van der Waals surface area contributed by atoms with Gasteiger partial charge >= 0.3 is 6.18 Å². The van der Waals surface area contributed by atoms with Crippen molar-refractivity contribution in [1.29, 1.82) is 0 Å². The van der Waals surface area contributed by atoms with Crippen molar-refractivity contribution in [2.45, 2.75) is 38.6 Å². The third kappa shape index (κ3) is 4.83. The number of nitrogens with one attached hydrogen (secondary N) is 1. The summed E-state index contributed by atoms with van der Waals surface area (Å²) in [4.78, 5) is 4.03. The van der Waals surface area contributed by atoms with Crippen molar-refractivity contribution in [1.82, 2.24) is 10.3 Å². The molecule has 23 heavy (non-hydrogen) atoms. The van der Waals surface area contributed by atoms with Gasteiger partial charge in [0.05, 0.1) is 17.2 Å². The predicted octanol–water partition coefficient (Wildman–Crippen LogP) is 3.79. The lowest BCUT2D eigenvalue weighted by atomic mass is 10.0. The van der Waals surface area contributed by atoms with Crippen molar-refractivity contribution in [3.8, 4) is 0 Å². The summed E-state index contributed by atoms with van der Waals surface area (Å²) >= 11 is 0. The van der Waals surface area contributed by atoms with Crippen LogP contribution in [0.1, 0.15) is 38.0 Å². The van der Waals surface area contributed by atoms with Gasteiger partial charge in [-0.05, 0) is 26.8 Å². The van der Waals surface area contributed by atoms with E-state index < -0.39 is 17.8 Å². The van der Waals surface area contributed by atoms with Crippen LogP contribution < -0.4 is 5.32 Å². The normalized spacial score (nSPS) is 13.7. The monoisotopic (exact) mass is 346 g/mol. The van der Waals surface area contributed by atoms with Gasteiger partial charge in [-0.15, -0.1) is 0 Å². The highest BCUT2D eigenvalue weighted by molar-refractivity contribution is 7.59. The van der Waals surface area contributed by atoms with Gasteiger partial charge in [-0.2, -0.15) is 26.7 Å². The number of benzene rings is 1. The number of para-hydroxylation sites is 1. The summed E-state index contributed by atoms with van der Waals surface area (Å²) in [6.07, 6.45) is -4.26. The quantitative estimate of drug-likeness (QED) is 0.889. The molecule has 0 amide bonds. The number of hydrogen-bond donors (Lipinski definition) is 2. The molecule has 0 radical (unpaired) electrons. The summed E-state index contributed by atoms with van der Waals surface area (Å²) in [7, 11) is 0. The predicted molar refractivity (Wildman–Crippen MR) is 89.8 cm³/mol. The van der Waals surface area contributed by atoms with Crippen LogP contribution in [0.2, 0.25) is 0 Å². The van der Waals surface area contributed by atoms with Crippen LogP contribution in [0, 0.1) is 0 Å². The molecule has 7 heteroatoms. The Balaban J connectivity index is 0.00000264. The molecular weight excluding hydrogens is 325 g/mol. The van der Waals surface area contributed by atoms with E-state index >= 15 is 0 Å². The number of nitrogens with zero attached hydrogens (tertiary/aromatic N) is 1. The number of β-amino-alcohol motifs (C(OH)–C–C–N with tert-alkyl or cyclic N) is 1. The Morgan fingerprint density at radius 3 is 2.39 bits per heavy atom. The summed E-state index contributed by atoms with van der Waals surface area (Å²) in [5.74, 6) is 0. The maximum atomic E-state index is 13.1. The highest BCUT2D eigenvalue weighted by Gasteiger charge is 2.33. The van der Waals surface area contributed by atoms with Crippen LogP contribution in [-0.2, 0) is 6.18 Å². The third-order valence-electron chi connectivity index (χ3n) is 3.29. The summed E-state index contributed by atoms with van der Waals surface area (Å²) in [5, 5.41) is 13.4. The standard InChI is InChI=1S/C16H19F3N2O.H2S/c1-15(2,3)21-9-13(22)11-6-4-5-10-12(16(17,18)19)7-8-20-14(10)11;/h4-8,13,21-22H,9H2,1-3H3;1H2/t13-;/m1./s1. The van der Waals surface area contributed by atoms with Gasteiger partial charge in [-0.1, -0.05) is 18.2 Å². The highest BCUT2D eigenvalue weighted by atomic mass is 32.1. The molecule has 0 bridgehead atoms. The molecule has 0 saturated carbocycles. The van der Waals surface area contributed by atoms with Crippen molar-refractivity contribution in [2.24, 2.45) is 0 Å². The molecule has 128 valence electrons. The topological polar surface area (TPSA) is 45.1 Å². The molecule has 0 spiro atoms. The minimum absolute atomic E-state index is 0. The maximum Gasteiger partial charge on any atom is 0.417 e. The second-order valence-electron chi connectivity index (χ2n) is 6.25. The van der Waals surface area contributed by atoms with E-state index in [1.807, 2.05) is 20.8 Å². The van der Waals surface area contributed by atoms with Crippen LogP contribution in [0.3, 0.4) is 0 Å². The number of aliphatic hydroxyl groups is 1. The van der Waals surface area contributed by atoms with Crippen LogP contribution >= 0.6 is 13.5 Å². The number of fused-ring (bicyclic) bond motifs is 1. The average Bonchev–Trinajstić information content (AvgIpc) is 2.41. The fraction of sp³-hybridized carbons (Fsp3) is 0.438. The molecule has 0 saturated heterocycles. The average molecular weight is 346 g/mol. The SMILES string of the molecule is CC(C)(C)NC[C@@H](O)c1cccc2c(C(F)(F)F)ccnc12.S. The van der Waals surface area contributed by atoms with Gasteiger partial charge in [-0.3, -0.25) is 4.98 Å². The molecule has 0 unspecified atom stereocenters. The van der Waals surface area contributed by atoms with Crippen molar-refractivity contribution < 1.29 is 18.3 Å². The Labute approximate surface area is 140 Å². The van der Waals surface area contributed by atoms with E-state index in [1.54, 1.807) is 6.07 Å². The molecular formula is C16H21F3N2OS. The summed E-state index contributed by atoms with van der Waals surface area (Å²) in [6, 6.07) is 5.43. The smallest absolute Gasteiger partial charge is 0.387 e. The Kier molecular flexibility index (Phi) is 6.06. The number of hydrogen-bond acceptors (Lipinski definition) is 3. The Morgan fingerprint density at radius 2 is 1.83 bits per heavy atom. The van der Waals surface area contributed by atoms with Crippen LogP contribution in [0.15, 0.2) is 30.5 Å². The van der Waals surface area contributed by atoms with Crippen molar-refractivity contribution >= 4 is 24.4 Å². The van der Waals surface area contributed by atoms with E-state index in [2.05, 4.69) is 10.3 Å². The maximum absolute atomic E-state index is 13.1. The Morgan fingerprint density at radius 1 is 1.17 bits per heavy atom. The number of halogens is 3. The first-order chi connectivity index (χ1) is 10.1. The fourth-order valence-corrected chi connectivity index (χ4v) is 2.23. The van der Waals surface area contributed by atoms with Gasteiger partial charge in [0.2, 0.25) is 0 Å². The molecule has 1 heterocycles. The second-order valence-corrected chi connectivity index (χ2v) is 6.25. The van der Waals surface area contributed by atoms with E-state index in [0.29, 0.717) is 5.56 Å². The Hall–Kier alpha value is -1.31. The van der Waals surface area contributed by atoms with Gasteiger partial charge in [0.1, 0.15) is 0 Å². The molecule has 3 nitrogen and oxygen atoms in total. The zero-order chi connectivity index (χ0) is 16.5. The Bertz CT molecular complexity index is 668. The minimum atomic E-state index is -4.45. The number of rotatable bonds is 3. The molecule has 1 aromatic carbocycles. The molecule has 0 aliphatic rings. The van der Waals surface area contributed by atoms with E-state index in [4.69, 9.17) is 0 Å². The van der Waals surface area contributed by atoms with Crippen LogP contribution in [0.25, 0.3) is 10.9 Å². The second kappa shape index (κ2) is 7.07. The molecule has 0 fully saturated rings. The van der Waals surface area contributed by atoms with E-state index in [-0.39, 0.29) is 36.5 Å². The summed E-state index contributed by atoms with van der Waals surface area (Å²) in [5.41, 5.74) is -0.368. The molecule has 0 aliphatic heterocycles. The lowest BCUT2D eigenvalue weighted by Crippen LogP contribution is -2.38. The summed E-state index contributed by atoms with van der Waals surface area (Å²) < 4.78 is 39.2. The largest absolute Gasteiger partial charge is 0.417 e. The lowest BCUT2D eigenvalue weighted by molar-refractivity contribution is -0.136. The lowest BCUT2D eigenvalue weighted by Gasteiger charge is -2.23. The molecule has 2 N–H and O–H groups in total. The molecule has 1 aromatic heterocycles. The van der Waals surface area contributed by atoms with Crippen LogP contribution in [0.4, 0.5) is 13.2 Å². The van der Waals surface area contributed by atoms with Crippen molar-refractivity contribution in [3.63, 3.8) is 0 Å². The van der Waals surface area contributed by atoms with Crippen LogP contribution in [-0.4, -0.2) is 22.2 Å². The van der Waals surface area contributed by atoms with Crippen molar-refractivity contribution in [2.75, 3.05) is 6.54 Å². The molecule has 0 aliphatic carbocycles. The third-order valence-corrected chi connectivity index (χ3v) is 3.29. The number of alkyl halides is 3. The fourth-order valence-electron chi connectivity index (χ4n) is 2.23.